The summed E-state index contributed by atoms with van der Waals surface area (Å²) in [6.45, 7) is 9.55. The van der Waals surface area contributed by atoms with E-state index in [9.17, 15) is 43.2 Å². The van der Waals surface area contributed by atoms with Crippen molar-refractivity contribution in [1.29, 1.82) is 0 Å². The number of unbranched alkanes of at least 4 members (excludes halogenated alkanes) is 50. The fourth-order valence-corrected chi connectivity index (χ4v) is 14.1. The molecule has 0 aliphatic heterocycles. The van der Waals surface area contributed by atoms with Gasteiger partial charge in [-0.3, -0.25) is 37.3 Å². The van der Waals surface area contributed by atoms with E-state index in [0.717, 1.165) is 102 Å². The molecule has 100 heavy (non-hydrogen) atoms. The molecule has 0 amide bonds. The minimum atomic E-state index is -4.96. The molecule has 0 saturated carbocycles. The molecule has 0 fully saturated rings. The van der Waals surface area contributed by atoms with Gasteiger partial charge in [-0.15, -0.1) is 0 Å². The zero-order valence-electron chi connectivity index (χ0n) is 65.5. The Kier molecular flexibility index (Phi) is 71.2. The summed E-state index contributed by atoms with van der Waals surface area (Å²) in [4.78, 5) is 73.0. The van der Waals surface area contributed by atoms with Crippen molar-refractivity contribution in [3.8, 4) is 0 Å². The first-order chi connectivity index (χ1) is 48.4. The van der Waals surface area contributed by atoms with Crippen LogP contribution in [0.15, 0.2) is 0 Å². The van der Waals surface area contributed by atoms with E-state index in [4.69, 9.17) is 37.0 Å². The summed E-state index contributed by atoms with van der Waals surface area (Å²) in [5.74, 6) is -0.667. The fraction of sp³-hybridized carbons (Fsp3) is 0.951. The Balaban J connectivity index is 5.21. The van der Waals surface area contributed by atoms with Gasteiger partial charge in [-0.1, -0.05) is 375 Å². The smallest absolute Gasteiger partial charge is 0.462 e. The third-order valence-corrected chi connectivity index (χ3v) is 20.9. The molecule has 0 aromatic rings. The minimum Gasteiger partial charge on any atom is -0.462 e. The molecule has 0 saturated heterocycles. The van der Waals surface area contributed by atoms with E-state index < -0.39 is 97.5 Å². The average molecular weight is 1470 g/mol. The van der Waals surface area contributed by atoms with Crippen molar-refractivity contribution in [1.82, 2.24) is 0 Å². The van der Waals surface area contributed by atoms with E-state index in [-0.39, 0.29) is 25.7 Å². The van der Waals surface area contributed by atoms with Crippen LogP contribution in [0.25, 0.3) is 0 Å². The predicted octanol–water partition coefficient (Wildman–Crippen LogP) is 24.3. The Bertz CT molecular complexity index is 1920. The third-order valence-electron chi connectivity index (χ3n) is 19.0. The Morgan fingerprint density at radius 2 is 0.460 bits per heavy atom. The van der Waals surface area contributed by atoms with Crippen LogP contribution < -0.4 is 0 Å². The lowest BCUT2D eigenvalue weighted by atomic mass is 10.0. The average Bonchev–Trinajstić information content (AvgIpc) is 0.976. The summed E-state index contributed by atoms with van der Waals surface area (Å²) in [6.07, 6.45) is 62.7. The van der Waals surface area contributed by atoms with Gasteiger partial charge in [-0.25, -0.2) is 9.13 Å². The number of phosphoric acid groups is 2. The van der Waals surface area contributed by atoms with Crippen LogP contribution in [0.4, 0.5) is 0 Å². The molecule has 0 aromatic heterocycles. The van der Waals surface area contributed by atoms with Crippen molar-refractivity contribution < 1.29 is 80.2 Å². The van der Waals surface area contributed by atoms with Gasteiger partial charge in [0.1, 0.15) is 19.3 Å². The van der Waals surface area contributed by atoms with E-state index in [1.807, 2.05) is 0 Å². The van der Waals surface area contributed by atoms with Crippen molar-refractivity contribution in [2.45, 2.75) is 445 Å². The molecular formula is C81H158O17P2. The lowest BCUT2D eigenvalue weighted by Gasteiger charge is -2.21. The molecule has 0 spiro atoms. The highest BCUT2D eigenvalue weighted by Crippen LogP contribution is 2.45. The molecule has 0 aliphatic carbocycles. The van der Waals surface area contributed by atoms with Gasteiger partial charge in [0.2, 0.25) is 0 Å². The maximum absolute atomic E-state index is 13.1. The van der Waals surface area contributed by atoms with Crippen LogP contribution >= 0.6 is 15.6 Å². The van der Waals surface area contributed by atoms with E-state index >= 15 is 0 Å². The number of ether oxygens (including phenoxy) is 4. The molecule has 594 valence electrons. The maximum Gasteiger partial charge on any atom is 0.472 e. The molecule has 0 aliphatic rings. The van der Waals surface area contributed by atoms with Crippen LogP contribution in [0.3, 0.4) is 0 Å². The van der Waals surface area contributed by atoms with Crippen LogP contribution in [0.2, 0.25) is 0 Å². The van der Waals surface area contributed by atoms with E-state index in [2.05, 4.69) is 41.5 Å². The predicted molar refractivity (Wildman–Crippen MR) is 409 cm³/mol. The Labute approximate surface area is 613 Å². The Hall–Kier alpha value is -1.94. The standard InChI is InChI=1S/C81H158O17P2/c1-7-9-11-13-15-17-19-21-23-25-26-27-28-29-31-33-37-41-45-53-59-65-80(85)97-76(69-91-78(83)63-57-51-44-40-36-32-30-24-22-20-18-16-14-12-10-8-2)71-95-99(87,88)93-67-75(82)68-94-100(89,90)96-72-77(70-92-79(84)64-58-52-48-47-50-56-62-74(5)6)98-81(86)66-60-54-46-42-38-34-35-39-43-49-55-61-73(3)4/h73-77,82H,7-72H2,1-6H3,(H,87,88)(H,89,90)/t75-,76-,77-/m1/s1. The van der Waals surface area contributed by atoms with E-state index in [0.29, 0.717) is 31.6 Å². The van der Waals surface area contributed by atoms with Gasteiger partial charge in [-0.05, 0) is 37.5 Å². The number of esters is 4. The van der Waals surface area contributed by atoms with Crippen molar-refractivity contribution in [2.75, 3.05) is 39.6 Å². The van der Waals surface area contributed by atoms with E-state index in [1.54, 1.807) is 0 Å². The molecule has 2 unspecified atom stereocenters. The first kappa shape index (κ1) is 98.1. The highest BCUT2D eigenvalue weighted by Gasteiger charge is 2.30. The molecule has 0 aromatic carbocycles. The number of rotatable bonds is 80. The quantitative estimate of drug-likeness (QED) is 0.0222. The van der Waals surface area contributed by atoms with Crippen molar-refractivity contribution in [2.24, 2.45) is 11.8 Å². The minimum absolute atomic E-state index is 0.106. The zero-order valence-corrected chi connectivity index (χ0v) is 67.3. The molecule has 3 N–H and O–H groups in total. The lowest BCUT2D eigenvalue weighted by molar-refractivity contribution is -0.161. The topological polar surface area (TPSA) is 237 Å². The molecule has 19 heteroatoms. The number of hydrogen-bond donors (Lipinski definition) is 3. The van der Waals surface area contributed by atoms with Gasteiger partial charge in [-0.2, -0.15) is 0 Å². The fourth-order valence-electron chi connectivity index (χ4n) is 12.5. The third kappa shape index (κ3) is 74.3. The van der Waals surface area contributed by atoms with E-state index in [1.165, 1.54) is 238 Å². The molecular weight excluding hydrogens is 1310 g/mol. The van der Waals surface area contributed by atoms with Gasteiger partial charge < -0.3 is 33.8 Å². The summed E-state index contributed by atoms with van der Waals surface area (Å²) in [7, 11) is -9.92. The lowest BCUT2D eigenvalue weighted by Crippen LogP contribution is -2.30. The van der Waals surface area contributed by atoms with Gasteiger partial charge in [0.25, 0.3) is 0 Å². The Morgan fingerprint density at radius 1 is 0.270 bits per heavy atom. The Morgan fingerprint density at radius 3 is 0.680 bits per heavy atom. The summed E-state index contributed by atoms with van der Waals surface area (Å²) >= 11 is 0. The number of carbonyl (C=O) groups is 4. The van der Waals surface area contributed by atoms with Crippen LogP contribution in [-0.4, -0.2) is 96.7 Å². The monoisotopic (exact) mass is 1470 g/mol. The second kappa shape index (κ2) is 72.6. The molecule has 0 rings (SSSR count). The largest absolute Gasteiger partial charge is 0.472 e. The number of hydrogen-bond acceptors (Lipinski definition) is 15. The van der Waals surface area contributed by atoms with Gasteiger partial charge >= 0.3 is 39.5 Å². The van der Waals surface area contributed by atoms with Crippen molar-refractivity contribution in [3.05, 3.63) is 0 Å². The van der Waals surface area contributed by atoms with Gasteiger partial charge in [0.05, 0.1) is 26.4 Å². The maximum atomic E-state index is 13.1. The number of aliphatic hydroxyl groups excluding tert-OH is 1. The highest BCUT2D eigenvalue weighted by molar-refractivity contribution is 7.47. The summed E-state index contributed by atoms with van der Waals surface area (Å²) in [5, 5.41) is 10.6. The van der Waals surface area contributed by atoms with Crippen molar-refractivity contribution in [3.63, 3.8) is 0 Å². The van der Waals surface area contributed by atoms with Gasteiger partial charge in [0.15, 0.2) is 12.2 Å². The molecule has 0 heterocycles. The van der Waals surface area contributed by atoms with Crippen LogP contribution in [0.1, 0.15) is 427 Å². The SMILES string of the molecule is CCCCCCCCCCCCCCCCCCCCCCCC(=O)O[C@H](COC(=O)CCCCCCCCCCCCCCCCCC)COP(=O)(O)OC[C@@H](O)COP(=O)(O)OC[C@@H](COC(=O)CCCCCCCCC(C)C)OC(=O)CCCCCCCCCCCCCC(C)C. The first-order valence-corrected chi connectivity index (χ1v) is 45.0. The van der Waals surface area contributed by atoms with Crippen LogP contribution in [0.5, 0.6) is 0 Å². The highest BCUT2D eigenvalue weighted by atomic mass is 31.2. The number of phosphoric ester groups is 2. The zero-order chi connectivity index (χ0) is 73.5. The van der Waals surface area contributed by atoms with Crippen LogP contribution in [-0.2, 0) is 65.4 Å². The second-order valence-electron chi connectivity index (χ2n) is 30.1. The molecule has 0 radical (unpaired) electrons. The molecule has 17 nitrogen and oxygen atoms in total. The van der Waals surface area contributed by atoms with Gasteiger partial charge in [0, 0.05) is 25.7 Å². The summed E-state index contributed by atoms with van der Waals surface area (Å²) in [6, 6.07) is 0. The number of aliphatic hydroxyl groups is 1. The summed E-state index contributed by atoms with van der Waals surface area (Å²) < 4.78 is 68.7. The molecule has 5 atom stereocenters. The van der Waals surface area contributed by atoms with Crippen molar-refractivity contribution >= 4 is 39.5 Å². The molecule has 0 bridgehead atoms. The first-order valence-electron chi connectivity index (χ1n) is 42.0. The summed E-state index contributed by atoms with van der Waals surface area (Å²) in [5.41, 5.74) is 0. The van der Waals surface area contributed by atoms with Crippen LogP contribution in [0, 0.1) is 11.8 Å². The normalized spacial score (nSPS) is 13.9. The number of carbonyl (C=O) groups excluding carboxylic acids is 4. The second-order valence-corrected chi connectivity index (χ2v) is 33.0.